The monoisotopic (exact) mass is 264 g/mol. The third kappa shape index (κ3) is 1.72. The number of fused-ring (bicyclic) bond motifs is 3. The number of benzene rings is 2. The van der Waals surface area contributed by atoms with Gasteiger partial charge in [-0.3, -0.25) is 4.90 Å². The quantitative estimate of drug-likeness (QED) is 0.851. The van der Waals surface area contributed by atoms with Gasteiger partial charge in [0.25, 0.3) is 0 Å². The van der Waals surface area contributed by atoms with Gasteiger partial charge in [0.15, 0.2) is 0 Å². The van der Waals surface area contributed by atoms with E-state index in [4.69, 9.17) is 0 Å². The summed E-state index contributed by atoms with van der Waals surface area (Å²) in [4.78, 5) is 2.65. The van der Waals surface area contributed by atoms with Crippen LogP contribution >= 0.6 is 0 Å². The number of hydrogen-bond acceptors (Lipinski definition) is 2. The molecule has 0 amide bonds. The molecule has 2 aromatic carbocycles. The summed E-state index contributed by atoms with van der Waals surface area (Å²) in [6.07, 6.45) is 0. The van der Waals surface area contributed by atoms with Crippen LogP contribution in [0.5, 0.6) is 0 Å². The molecule has 1 atom stereocenters. The van der Waals surface area contributed by atoms with Gasteiger partial charge in [0.2, 0.25) is 0 Å². The maximum absolute atomic E-state index is 3.49. The van der Waals surface area contributed by atoms with Gasteiger partial charge in [-0.15, -0.1) is 0 Å². The van der Waals surface area contributed by atoms with Crippen molar-refractivity contribution in [2.75, 3.05) is 19.6 Å². The van der Waals surface area contributed by atoms with E-state index in [1.807, 2.05) is 0 Å². The van der Waals surface area contributed by atoms with Crippen LogP contribution in [0.2, 0.25) is 0 Å². The number of nitrogens with one attached hydrogen (secondary N) is 1. The predicted octanol–water partition coefficient (Wildman–Crippen LogP) is 3.05. The zero-order valence-corrected chi connectivity index (χ0v) is 11.8. The maximum Gasteiger partial charge on any atom is 0.0617 e. The predicted molar refractivity (Wildman–Crippen MR) is 82.8 cm³/mol. The minimum Gasteiger partial charge on any atom is -0.314 e. The van der Waals surface area contributed by atoms with E-state index in [1.165, 1.54) is 22.3 Å². The van der Waals surface area contributed by atoms with E-state index in [0.29, 0.717) is 12.1 Å². The lowest BCUT2D eigenvalue weighted by molar-refractivity contribution is 0.139. The zero-order chi connectivity index (χ0) is 13.5. The Morgan fingerprint density at radius 1 is 0.950 bits per heavy atom. The second kappa shape index (κ2) is 4.72. The smallest absolute Gasteiger partial charge is 0.0617 e. The van der Waals surface area contributed by atoms with Gasteiger partial charge in [-0.1, -0.05) is 48.5 Å². The van der Waals surface area contributed by atoms with Crippen LogP contribution < -0.4 is 5.32 Å². The molecule has 0 unspecified atom stereocenters. The summed E-state index contributed by atoms with van der Waals surface area (Å²) in [7, 11) is 0. The van der Waals surface area contributed by atoms with Gasteiger partial charge in [0, 0.05) is 25.7 Å². The number of nitrogens with zero attached hydrogens (tertiary/aromatic N) is 1. The van der Waals surface area contributed by atoms with E-state index in [2.05, 4.69) is 65.7 Å². The molecule has 2 nitrogen and oxygen atoms in total. The molecule has 2 heteroatoms. The summed E-state index contributed by atoms with van der Waals surface area (Å²) in [6, 6.07) is 18.8. The fourth-order valence-corrected chi connectivity index (χ4v) is 3.73. The molecule has 1 heterocycles. The van der Waals surface area contributed by atoms with Crippen molar-refractivity contribution in [1.29, 1.82) is 0 Å². The van der Waals surface area contributed by atoms with E-state index in [-0.39, 0.29) is 0 Å². The van der Waals surface area contributed by atoms with Crippen molar-refractivity contribution in [1.82, 2.24) is 10.2 Å². The van der Waals surface area contributed by atoms with Gasteiger partial charge >= 0.3 is 0 Å². The second-order valence-electron chi connectivity index (χ2n) is 5.87. The average molecular weight is 264 g/mol. The minimum absolute atomic E-state index is 0.430. The molecule has 1 saturated heterocycles. The van der Waals surface area contributed by atoms with Crippen molar-refractivity contribution in [3.05, 3.63) is 59.7 Å². The Morgan fingerprint density at radius 3 is 2.15 bits per heavy atom. The maximum atomic E-state index is 3.49. The number of rotatable bonds is 1. The van der Waals surface area contributed by atoms with Gasteiger partial charge in [-0.05, 0) is 29.2 Å². The van der Waals surface area contributed by atoms with Gasteiger partial charge in [0.1, 0.15) is 0 Å². The first-order chi connectivity index (χ1) is 9.86. The molecular weight excluding hydrogens is 244 g/mol. The first-order valence-electron chi connectivity index (χ1n) is 7.51. The summed E-state index contributed by atoms with van der Waals surface area (Å²) in [5.74, 6) is 0. The molecule has 1 aliphatic heterocycles. The topological polar surface area (TPSA) is 15.3 Å². The second-order valence-corrected chi connectivity index (χ2v) is 5.87. The summed E-state index contributed by atoms with van der Waals surface area (Å²) < 4.78 is 0. The van der Waals surface area contributed by atoms with E-state index >= 15 is 0 Å². The van der Waals surface area contributed by atoms with Crippen LogP contribution in [0.4, 0.5) is 0 Å². The summed E-state index contributed by atoms with van der Waals surface area (Å²) in [6.45, 7) is 5.62. The Hall–Kier alpha value is -1.64. The first kappa shape index (κ1) is 12.1. The van der Waals surface area contributed by atoms with Crippen molar-refractivity contribution in [2.24, 2.45) is 0 Å². The van der Waals surface area contributed by atoms with Gasteiger partial charge in [0.05, 0.1) is 6.04 Å². The van der Waals surface area contributed by atoms with Gasteiger partial charge < -0.3 is 5.32 Å². The number of hydrogen-bond donors (Lipinski definition) is 1. The lowest BCUT2D eigenvalue weighted by Crippen LogP contribution is -2.50. The minimum atomic E-state index is 0.430. The Balaban J connectivity index is 1.86. The summed E-state index contributed by atoms with van der Waals surface area (Å²) in [5.41, 5.74) is 5.78. The third-order valence-corrected chi connectivity index (χ3v) is 4.69. The standard InChI is InChI=1S/C18H20N2/c1-13-12-19-10-11-20(13)18-16-8-4-2-6-14(16)15-7-3-5-9-17(15)18/h2-9,13,18-19H,10-12H2,1H3/t13-/m0/s1. The SMILES string of the molecule is C[C@H]1CNCCN1C1c2ccccc2-c2ccccc21. The van der Waals surface area contributed by atoms with Crippen LogP contribution in [-0.4, -0.2) is 30.6 Å². The lowest BCUT2D eigenvalue weighted by Gasteiger charge is -2.39. The zero-order valence-electron chi connectivity index (χ0n) is 11.8. The molecule has 20 heavy (non-hydrogen) atoms. The number of piperazine rings is 1. The Labute approximate surface area is 120 Å². The van der Waals surface area contributed by atoms with Crippen molar-refractivity contribution < 1.29 is 0 Å². The van der Waals surface area contributed by atoms with Gasteiger partial charge in [-0.25, -0.2) is 0 Å². The lowest BCUT2D eigenvalue weighted by atomic mass is 10.0. The molecule has 4 rings (SSSR count). The van der Waals surface area contributed by atoms with E-state index in [0.717, 1.165) is 19.6 Å². The van der Waals surface area contributed by atoms with E-state index in [9.17, 15) is 0 Å². The molecule has 102 valence electrons. The Bertz CT molecular complexity index is 589. The van der Waals surface area contributed by atoms with E-state index < -0.39 is 0 Å². The van der Waals surface area contributed by atoms with Crippen molar-refractivity contribution in [3.8, 4) is 11.1 Å². The highest BCUT2D eigenvalue weighted by Crippen LogP contribution is 2.46. The first-order valence-corrected chi connectivity index (χ1v) is 7.51. The normalized spacial score (nSPS) is 22.6. The highest BCUT2D eigenvalue weighted by molar-refractivity contribution is 5.78. The molecule has 1 N–H and O–H groups in total. The van der Waals surface area contributed by atoms with Crippen molar-refractivity contribution in [2.45, 2.75) is 19.0 Å². The Morgan fingerprint density at radius 2 is 1.55 bits per heavy atom. The molecule has 2 aliphatic rings. The summed E-state index contributed by atoms with van der Waals surface area (Å²) >= 11 is 0. The highest BCUT2D eigenvalue weighted by Gasteiger charge is 2.35. The fourth-order valence-electron chi connectivity index (χ4n) is 3.73. The van der Waals surface area contributed by atoms with E-state index in [1.54, 1.807) is 0 Å². The van der Waals surface area contributed by atoms with Crippen LogP contribution in [0.15, 0.2) is 48.5 Å². The van der Waals surface area contributed by atoms with Gasteiger partial charge in [-0.2, -0.15) is 0 Å². The molecular formula is C18H20N2. The molecule has 1 aliphatic carbocycles. The third-order valence-electron chi connectivity index (χ3n) is 4.69. The highest BCUT2D eigenvalue weighted by atomic mass is 15.2. The average Bonchev–Trinajstić information content (AvgIpc) is 2.83. The van der Waals surface area contributed by atoms with Crippen LogP contribution in [0, 0.1) is 0 Å². The fraction of sp³-hybridized carbons (Fsp3) is 0.333. The largest absolute Gasteiger partial charge is 0.314 e. The molecule has 0 bridgehead atoms. The molecule has 0 radical (unpaired) electrons. The van der Waals surface area contributed by atoms with Crippen LogP contribution in [0.25, 0.3) is 11.1 Å². The Kier molecular flexibility index (Phi) is 2.86. The van der Waals surface area contributed by atoms with Crippen LogP contribution in [0.3, 0.4) is 0 Å². The summed E-state index contributed by atoms with van der Waals surface area (Å²) in [5, 5.41) is 3.49. The van der Waals surface area contributed by atoms with Crippen molar-refractivity contribution in [3.63, 3.8) is 0 Å². The molecule has 1 fully saturated rings. The van der Waals surface area contributed by atoms with Crippen LogP contribution in [0.1, 0.15) is 24.1 Å². The van der Waals surface area contributed by atoms with Crippen molar-refractivity contribution >= 4 is 0 Å². The molecule has 0 spiro atoms. The molecule has 0 aromatic heterocycles. The molecule has 0 saturated carbocycles. The van der Waals surface area contributed by atoms with Crippen LogP contribution in [-0.2, 0) is 0 Å². The molecule has 2 aromatic rings.